The van der Waals surface area contributed by atoms with Crippen molar-refractivity contribution in [2.24, 2.45) is 13.0 Å². The van der Waals surface area contributed by atoms with E-state index in [0.29, 0.717) is 42.9 Å². The van der Waals surface area contributed by atoms with Crippen LogP contribution in [0.3, 0.4) is 0 Å². The molecular formula is C29H27Cl2FN4O4S. The first kappa shape index (κ1) is 28.9. The van der Waals surface area contributed by atoms with E-state index in [1.54, 1.807) is 67.4 Å². The molecule has 0 saturated carbocycles. The number of halogens is 3. The minimum atomic E-state index is -4.44. The van der Waals surface area contributed by atoms with E-state index >= 15 is 0 Å². The molecule has 2 heterocycles. The van der Waals surface area contributed by atoms with Gasteiger partial charge in [0.1, 0.15) is 16.4 Å². The first-order valence-corrected chi connectivity index (χ1v) is 15.1. The molecule has 12 heteroatoms. The van der Waals surface area contributed by atoms with Crippen molar-refractivity contribution in [3.8, 4) is 5.69 Å². The molecule has 1 saturated heterocycles. The van der Waals surface area contributed by atoms with Crippen molar-refractivity contribution < 1.29 is 17.6 Å². The lowest BCUT2D eigenvalue weighted by Crippen LogP contribution is -2.29. The Hall–Kier alpha value is -3.60. The highest BCUT2D eigenvalue weighted by atomic mass is 35.5. The van der Waals surface area contributed by atoms with Crippen LogP contribution in [0.1, 0.15) is 28.0 Å². The van der Waals surface area contributed by atoms with Gasteiger partial charge in [0.15, 0.2) is 0 Å². The lowest BCUT2D eigenvalue weighted by atomic mass is 9.98. The molecule has 1 aliphatic heterocycles. The predicted octanol–water partition coefficient (Wildman–Crippen LogP) is 5.44. The van der Waals surface area contributed by atoms with Crippen LogP contribution < -0.4 is 10.3 Å². The second kappa shape index (κ2) is 11.3. The van der Waals surface area contributed by atoms with Gasteiger partial charge in [-0.25, -0.2) is 17.5 Å². The first-order valence-electron chi connectivity index (χ1n) is 12.9. The van der Waals surface area contributed by atoms with Crippen LogP contribution in [0.2, 0.25) is 10.0 Å². The van der Waals surface area contributed by atoms with Gasteiger partial charge in [0, 0.05) is 25.7 Å². The van der Waals surface area contributed by atoms with Gasteiger partial charge in [-0.3, -0.25) is 19.0 Å². The Balaban J connectivity index is 1.41. The minimum Gasteiger partial charge on any atom is -0.338 e. The fourth-order valence-corrected chi connectivity index (χ4v) is 7.03. The normalized spacial score (nSPS) is 15.3. The third-order valence-electron chi connectivity index (χ3n) is 7.36. The lowest BCUT2D eigenvalue weighted by Gasteiger charge is -2.18. The van der Waals surface area contributed by atoms with Gasteiger partial charge in [0.25, 0.3) is 21.5 Å². The van der Waals surface area contributed by atoms with Gasteiger partial charge in [-0.05, 0) is 61.6 Å². The van der Waals surface area contributed by atoms with Gasteiger partial charge in [-0.2, -0.15) is 0 Å². The summed E-state index contributed by atoms with van der Waals surface area (Å²) in [6, 6.07) is 17.8. The Bertz CT molecular complexity index is 1810. The monoisotopic (exact) mass is 616 g/mol. The Kier molecular flexibility index (Phi) is 8.00. The molecular weight excluding hydrogens is 590 g/mol. The first-order chi connectivity index (χ1) is 19.5. The molecule has 0 radical (unpaired) electrons. The number of nitrogens with zero attached hydrogens (tertiary/aromatic N) is 3. The van der Waals surface area contributed by atoms with Crippen molar-refractivity contribution in [3.05, 3.63) is 110 Å². The van der Waals surface area contributed by atoms with Crippen molar-refractivity contribution in [3.63, 3.8) is 0 Å². The smallest absolute Gasteiger partial charge is 0.296 e. The highest BCUT2D eigenvalue weighted by Gasteiger charge is 2.31. The number of para-hydroxylation sites is 1. The second-order valence-electron chi connectivity index (χ2n) is 10.0. The van der Waals surface area contributed by atoms with Crippen molar-refractivity contribution in [2.45, 2.75) is 24.7 Å². The summed E-state index contributed by atoms with van der Waals surface area (Å²) in [6.07, 6.45) is 1.16. The molecule has 41 heavy (non-hydrogen) atoms. The summed E-state index contributed by atoms with van der Waals surface area (Å²) in [7, 11) is -2.80. The molecule has 8 nitrogen and oxygen atoms in total. The van der Waals surface area contributed by atoms with E-state index < -0.39 is 26.4 Å². The van der Waals surface area contributed by atoms with Crippen molar-refractivity contribution in [2.75, 3.05) is 17.8 Å². The number of aromatic nitrogens is 2. The molecule has 1 aliphatic rings. The zero-order valence-electron chi connectivity index (χ0n) is 22.3. The summed E-state index contributed by atoms with van der Waals surface area (Å²) in [4.78, 5) is 27.8. The third kappa shape index (κ3) is 5.64. The summed E-state index contributed by atoms with van der Waals surface area (Å²) in [5.41, 5.74) is 0.820. The number of nitrogens with one attached hydrogen (secondary N) is 1. The summed E-state index contributed by atoms with van der Waals surface area (Å²) >= 11 is 12.6. The molecule has 0 aliphatic carbocycles. The zero-order chi connectivity index (χ0) is 29.5. The molecule has 3 aromatic carbocycles. The van der Waals surface area contributed by atoms with Crippen molar-refractivity contribution in [1.82, 2.24) is 14.3 Å². The van der Waals surface area contributed by atoms with Crippen LogP contribution in [-0.2, 0) is 23.5 Å². The van der Waals surface area contributed by atoms with E-state index in [-0.39, 0.29) is 33.0 Å². The van der Waals surface area contributed by atoms with E-state index in [2.05, 4.69) is 4.72 Å². The number of likely N-dealkylation sites (tertiary alicyclic amines) is 1. The van der Waals surface area contributed by atoms with E-state index in [4.69, 9.17) is 23.2 Å². The van der Waals surface area contributed by atoms with Gasteiger partial charge in [0.2, 0.25) is 0 Å². The average molecular weight is 618 g/mol. The molecule has 1 unspecified atom stereocenters. The number of rotatable bonds is 7. The Morgan fingerprint density at radius 2 is 1.76 bits per heavy atom. The molecule has 1 amide bonds. The fraction of sp³-hybridized carbons (Fsp3) is 0.241. The van der Waals surface area contributed by atoms with Crippen LogP contribution >= 0.6 is 23.2 Å². The molecule has 4 aromatic rings. The average Bonchev–Trinajstić information content (AvgIpc) is 3.49. The van der Waals surface area contributed by atoms with Crippen molar-refractivity contribution >= 4 is 44.8 Å². The summed E-state index contributed by atoms with van der Waals surface area (Å²) in [5.74, 6) is -0.650. The summed E-state index contributed by atoms with van der Waals surface area (Å²) < 4.78 is 46.5. The van der Waals surface area contributed by atoms with E-state index in [0.717, 1.165) is 6.07 Å². The number of hydrogen-bond donors (Lipinski definition) is 1. The van der Waals surface area contributed by atoms with Crippen LogP contribution in [0.4, 0.5) is 10.1 Å². The van der Waals surface area contributed by atoms with Crippen LogP contribution in [-0.4, -0.2) is 41.7 Å². The Morgan fingerprint density at radius 3 is 2.46 bits per heavy atom. The van der Waals surface area contributed by atoms with Crippen LogP contribution in [0.15, 0.2) is 76.4 Å². The van der Waals surface area contributed by atoms with Crippen LogP contribution in [0, 0.1) is 18.7 Å². The second-order valence-corrected chi connectivity index (χ2v) is 12.4. The van der Waals surface area contributed by atoms with Gasteiger partial charge >= 0.3 is 0 Å². The molecule has 1 aromatic heterocycles. The molecule has 214 valence electrons. The number of anilines is 1. The summed E-state index contributed by atoms with van der Waals surface area (Å²) in [5, 5.41) is -0.391. The molecule has 5 rings (SSSR count). The number of amides is 1. The van der Waals surface area contributed by atoms with E-state index in [1.165, 1.54) is 21.5 Å². The Labute approximate surface area is 246 Å². The SMILES string of the molecule is Cc1c(NS(=O)(=O)c2cc(C(=O)N3CCC(Cc4ccccc4F)C3)cc(Cl)c2Cl)c(=O)n(-c2ccccc2)n1C. The number of sulfonamides is 1. The lowest BCUT2D eigenvalue weighted by molar-refractivity contribution is 0.0787. The molecule has 1 N–H and O–H groups in total. The standard InChI is InChI=1S/C29H27Cl2FN4O4S/c1-18-27(29(38)36(34(18)2)22-9-4-3-5-10-22)33-41(39,40)25-16-21(15-23(30)26(25)31)28(37)35-13-12-19(17-35)14-20-8-6-7-11-24(20)32/h3-11,15-16,19,33H,12-14,17H2,1-2H3. The predicted molar refractivity (Wildman–Crippen MR) is 157 cm³/mol. The van der Waals surface area contributed by atoms with Gasteiger partial charge in [0.05, 0.1) is 21.4 Å². The minimum absolute atomic E-state index is 0.0396. The largest absolute Gasteiger partial charge is 0.338 e. The quantitative estimate of drug-likeness (QED) is 0.299. The molecule has 1 atom stereocenters. The highest BCUT2D eigenvalue weighted by molar-refractivity contribution is 7.92. The number of hydrogen-bond acceptors (Lipinski definition) is 4. The summed E-state index contributed by atoms with van der Waals surface area (Å²) in [6.45, 7) is 2.43. The van der Waals surface area contributed by atoms with E-state index in [1.807, 2.05) is 0 Å². The fourth-order valence-electron chi connectivity index (χ4n) is 5.10. The number of carbonyl (C=O) groups excluding carboxylic acids is 1. The van der Waals surface area contributed by atoms with Crippen molar-refractivity contribution in [1.29, 1.82) is 0 Å². The topological polar surface area (TPSA) is 93.4 Å². The maximum Gasteiger partial charge on any atom is 0.296 e. The van der Waals surface area contributed by atoms with Gasteiger partial charge in [-0.15, -0.1) is 0 Å². The number of carbonyl (C=O) groups is 1. The molecule has 0 bridgehead atoms. The number of benzene rings is 3. The third-order valence-corrected chi connectivity index (χ3v) is 9.65. The van der Waals surface area contributed by atoms with Crippen LogP contribution in [0.5, 0.6) is 0 Å². The van der Waals surface area contributed by atoms with Gasteiger partial charge in [-0.1, -0.05) is 59.6 Å². The molecule has 0 spiro atoms. The molecule has 1 fully saturated rings. The highest BCUT2D eigenvalue weighted by Crippen LogP contribution is 2.33. The van der Waals surface area contributed by atoms with E-state index in [9.17, 15) is 22.4 Å². The maximum absolute atomic E-state index is 14.1. The zero-order valence-corrected chi connectivity index (χ0v) is 24.6. The Morgan fingerprint density at radius 1 is 1.07 bits per heavy atom. The maximum atomic E-state index is 14.1. The van der Waals surface area contributed by atoms with Crippen LogP contribution in [0.25, 0.3) is 5.69 Å². The van der Waals surface area contributed by atoms with Gasteiger partial charge < -0.3 is 4.90 Å².